The number of benzene rings is 1. The summed E-state index contributed by atoms with van der Waals surface area (Å²) in [5.74, 6) is -2.52. The second-order valence-corrected chi connectivity index (χ2v) is 5.55. The molecule has 6 heteroatoms. The standard InChI is InChI=1S/C15H12FNO4/c16-8-1-3-9(4-2-8)17-13(19)11-10-5-6-15(7-18,21-10)12(11)14(17)20/h1-6,10-12,18H,7H2/t10-,11+,12-,15-/m0/s1. The highest BCUT2D eigenvalue weighted by Crippen LogP contribution is 2.52. The fourth-order valence-electron chi connectivity index (χ4n) is 3.53. The zero-order valence-electron chi connectivity index (χ0n) is 10.9. The van der Waals surface area contributed by atoms with E-state index in [1.54, 1.807) is 12.2 Å². The van der Waals surface area contributed by atoms with Crippen LogP contribution < -0.4 is 4.90 Å². The van der Waals surface area contributed by atoms with Crippen molar-refractivity contribution in [2.24, 2.45) is 11.8 Å². The number of aliphatic hydroxyl groups excluding tert-OH is 1. The van der Waals surface area contributed by atoms with Gasteiger partial charge in [-0.1, -0.05) is 12.2 Å². The van der Waals surface area contributed by atoms with Gasteiger partial charge in [0.1, 0.15) is 11.4 Å². The van der Waals surface area contributed by atoms with Crippen molar-refractivity contribution >= 4 is 17.5 Å². The van der Waals surface area contributed by atoms with Gasteiger partial charge in [-0.25, -0.2) is 9.29 Å². The Kier molecular flexibility index (Phi) is 2.41. The van der Waals surface area contributed by atoms with E-state index in [1.807, 2.05) is 0 Å². The van der Waals surface area contributed by atoms with E-state index >= 15 is 0 Å². The predicted molar refractivity (Wildman–Crippen MR) is 69.7 cm³/mol. The zero-order valence-corrected chi connectivity index (χ0v) is 10.9. The van der Waals surface area contributed by atoms with Gasteiger partial charge in [0.25, 0.3) is 0 Å². The number of nitrogens with zero attached hydrogens (tertiary/aromatic N) is 1. The number of imide groups is 1. The SMILES string of the molecule is O=C1[C@@H]2[C@@H]3C=C[C@@](CO)(O3)[C@@H]2C(=O)N1c1ccc(F)cc1. The summed E-state index contributed by atoms with van der Waals surface area (Å²) in [5, 5.41) is 9.58. The average Bonchev–Trinajstić information content (AvgIpc) is 3.12. The lowest BCUT2D eigenvalue weighted by molar-refractivity contribution is -0.128. The summed E-state index contributed by atoms with van der Waals surface area (Å²) in [6, 6.07) is 5.20. The molecule has 3 heterocycles. The Morgan fingerprint density at radius 3 is 2.62 bits per heavy atom. The summed E-state index contributed by atoms with van der Waals surface area (Å²) < 4.78 is 18.6. The van der Waals surface area contributed by atoms with Crippen LogP contribution in [0.3, 0.4) is 0 Å². The lowest BCUT2D eigenvalue weighted by Crippen LogP contribution is -2.43. The maximum atomic E-state index is 13.0. The Hall–Kier alpha value is -2.05. The van der Waals surface area contributed by atoms with E-state index in [2.05, 4.69) is 0 Å². The van der Waals surface area contributed by atoms with Crippen molar-refractivity contribution in [3.05, 3.63) is 42.2 Å². The minimum Gasteiger partial charge on any atom is -0.393 e. The molecule has 4 rings (SSSR count). The summed E-state index contributed by atoms with van der Waals surface area (Å²) in [6.45, 7) is -0.350. The van der Waals surface area contributed by atoms with Crippen LogP contribution in [0.15, 0.2) is 36.4 Å². The topological polar surface area (TPSA) is 66.8 Å². The molecule has 2 amide bonds. The lowest BCUT2D eigenvalue weighted by atomic mass is 9.77. The van der Waals surface area contributed by atoms with Crippen LogP contribution in [-0.2, 0) is 14.3 Å². The van der Waals surface area contributed by atoms with Crippen LogP contribution in [0, 0.1) is 17.7 Å². The highest BCUT2D eigenvalue weighted by Gasteiger charge is 2.67. The molecule has 1 aromatic rings. The second kappa shape index (κ2) is 3.99. The van der Waals surface area contributed by atoms with Gasteiger partial charge in [0.05, 0.1) is 30.2 Å². The third kappa shape index (κ3) is 1.46. The fourth-order valence-corrected chi connectivity index (χ4v) is 3.53. The normalized spacial score (nSPS) is 36.7. The molecule has 4 atom stereocenters. The van der Waals surface area contributed by atoms with Gasteiger partial charge in [0.15, 0.2) is 0 Å². The van der Waals surface area contributed by atoms with Crippen LogP contribution >= 0.6 is 0 Å². The Morgan fingerprint density at radius 2 is 1.95 bits per heavy atom. The maximum absolute atomic E-state index is 13.0. The number of carbonyl (C=O) groups is 2. The molecule has 0 saturated carbocycles. The Bertz CT molecular complexity index is 671. The summed E-state index contributed by atoms with van der Waals surface area (Å²) in [7, 11) is 0. The largest absolute Gasteiger partial charge is 0.393 e. The first-order valence-electron chi connectivity index (χ1n) is 6.69. The molecule has 0 radical (unpaired) electrons. The first-order valence-corrected chi connectivity index (χ1v) is 6.69. The molecule has 3 aliphatic rings. The van der Waals surface area contributed by atoms with E-state index in [1.165, 1.54) is 24.3 Å². The first kappa shape index (κ1) is 12.7. The van der Waals surface area contributed by atoms with Gasteiger partial charge in [0, 0.05) is 0 Å². The molecule has 21 heavy (non-hydrogen) atoms. The Balaban J connectivity index is 1.77. The summed E-state index contributed by atoms with van der Waals surface area (Å²) in [6.07, 6.45) is 2.90. The average molecular weight is 289 g/mol. The molecule has 1 aromatic carbocycles. The monoisotopic (exact) mass is 289 g/mol. The number of carbonyl (C=O) groups excluding carboxylic acids is 2. The Morgan fingerprint density at radius 1 is 1.24 bits per heavy atom. The van der Waals surface area contributed by atoms with E-state index in [4.69, 9.17) is 4.74 Å². The van der Waals surface area contributed by atoms with Crippen molar-refractivity contribution in [2.75, 3.05) is 11.5 Å². The molecule has 108 valence electrons. The van der Waals surface area contributed by atoms with Crippen LogP contribution in [0.1, 0.15) is 0 Å². The first-order chi connectivity index (χ1) is 10.1. The molecule has 5 nitrogen and oxygen atoms in total. The number of amides is 2. The molecule has 0 spiro atoms. The van der Waals surface area contributed by atoms with Crippen LogP contribution in [0.4, 0.5) is 10.1 Å². The molecular weight excluding hydrogens is 277 g/mol. The van der Waals surface area contributed by atoms with E-state index in [9.17, 15) is 19.1 Å². The van der Waals surface area contributed by atoms with Crippen molar-refractivity contribution in [1.29, 1.82) is 0 Å². The molecule has 0 aliphatic carbocycles. The van der Waals surface area contributed by atoms with Crippen LogP contribution in [0.2, 0.25) is 0 Å². The number of aliphatic hydroxyl groups is 1. The number of halogens is 1. The van der Waals surface area contributed by atoms with E-state index in [0.717, 1.165) is 4.90 Å². The van der Waals surface area contributed by atoms with Crippen LogP contribution in [-0.4, -0.2) is 35.2 Å². The van der Waals surface area contributed by atoms with Gasteiger partial charge in [-0.3, -0.25) is 9.59 Å². The summed E-state index contributed by atoms with van der Waals surface area (Å²) in [5.41, 5.74) is -0.759. The summed E-state index contributed by atoms with van der Waals surface area (Å²) >= 11 is 0. The molecule has 0 aromatic heterocycles. The van der Waals surface area contributed by atoms with E-state index in [-0.39, 0.29) is 12.5 Å². The lowest BCUT2D eigenvalue weighted by Gasteiger charge is -2.26. The number of rotatable bonds is 2. The zero-order chi connectivity index (χ0) is 14.8. The van der Waals surface area contributed by atoms with Gasteiger partial charge in [-0.15, -0.1) is 0 Å². The number of hydrogen-bond acceptors (Lipinski definition) is 4. The predicted octanol–water partition coefficient (Wildman–Crippen LogP) is 0.631. The Labute approximate surface area is 119 Å². The number of hydrogen-bond donors (Lipinski definition) is 1. The van der Waals surface area contributed by atoms with Gasteiger partial charge in [-0.2, -0.15) is 0 Å². The smallest absolute Gasteiger partial charge is 0.241 e. The third-order valence-electron chi connectivity index (χ3n) is 4.49. The second-order valence-electron chi connectivity index (χ2n) is 5.55. The van der Waals surface area contributed by atoms with Crippen molar-refractivity contribution in [2.45, 2.75) is 11.7 Å². The molecule has 0 unspecified atom stereocenters. The minimum atomic E-state index is -1.10. The van der Waals surface area contributed by atoms with Gasteiger partial charge >= 0.3 is 0 Å². The maximum Gasteiger partial charge on any atom is 0.241 e. The molecule has 2 saturated heterocycles. The quantitative estimate of drug-likeness (QED) is 0.640. The number of ether oxygens (including phenoxy) is 1. The number of anilines is 1. The van der Waals surface area contributed by atoms with Crippen molar-refractivity contribution < 1.29 is 23.8 Å². The van der Waals surface area contributed by atoms with E-state index in [0.29, 0.717) is 5.69 Å². The van der Waals surface area contributed by atoms with Crippen molar-refractivity contribution in [1.82, 2.24) is 0 Å². The van der Waals surface area contributed by atoms with Crippen LogP contribution in [0.25, 0.3) is 0 Å². The minimum absolute atomic E-state index is 0.341. The molecule has 3 aliphatic heterocycles. The van der Waals surface area contributed by atoms with Crippen LogP contribution in [0.5, 0.6) is 0 Å². The molecular formula is C15H12FNO4. The molecule has 2 fully saturated rings. The van der Waals surface area contributed by atoms with E-state index < -0.39 is 35.3 Å². The third-order valence-corrected chi connectivity index (χ3v) is 4.49. The molecule has 2 bridgehead atoms. The fraction of sp³-hybridized carbons (Fsp3) is 0.333. The van der Waals surface area contributed by atoms with Crippen molar-refractivity contribution in [3.8, 4) is 0 Å². The van der Waals surface area contributed by atoms with Gasteiger partial charge in [-0.05, 0) is 24.3 Å². The van der Waals surface area contributed by atoms with Crippen molar-refractivity contribution in [3.63, 3.8) is 0 Å². The van der Waals surface area contributed by atoms with Gasteiger partial charge in [0.2, 0.25) is 11.8 Å². The van der Waals surface area contributed by atoms with Gasteiger partial charge < -0.3 is 9.84 Å². The highest BCUT2D eigenvalue weighted by atomic mass is 19.1. The number of fused-ring (bicyclic) bond motifs is 5. The molecule has 1 N–H and O–H groups in total. The highest BCUT2D eigenvalue weighted by molar-refractivity contribution is 6.23. The summed E-state index contributed by atoms with van der Waals surface area (Å²) in [4.78, 5) is 26.2.